The second-order valence-corrected chi connectivity index (χ2v) is 24.0. The number of amides is 4. The van der Waals surface area contributed by atoms with Gasteiger partial charge in [0.15, 0.2) is 0 Å². The van der Waals surface area contributed by atoms with Crippen molar-refractivity contribution in [2.75, 3.05) is 81.0 Å². The fraction of sp³-hybridized carbons (Fsp3) is 0.412. The van der Waals surface area contributed by atoms with Crippen molar-refractivity contribution >= 4 is 23.6 Å². The number of likely N-dealkylation sites (tertiary alicyclic amines) is 4. The molecular weight excluding hydrogens is 1170 g/mol. The Hall–Kier alpha value is -8.72. The molecule has 0 radical (unpaired) electrons. The number of rotatable bonds is 22. The summed E-state index contributed by atoms with van der Waals surface area (Å²) in [6.07, 6.45) is 14.3. The number of ether oxygens (including phenoxy) is 4. The molecule has 0 bridgehead atoms. The van der Waals surface area contributed by atoms with Gasteiger partial charge in [-0.2, -0.15) is 0 Å². The van der Waals surface area contributed by atoms with Gasteiger partial charge < -0.3 is 81.4 Å². The van der Waals surface area contributed by atoms with Crippen LogP contribution in [0.1, 0.15) is 98.8 Å². The number of carbonyl (C=O) groups is 4. The molecule has 12 N–H and O–H groups in total. The molecule has 0 spiro atoms. The molecule has 4 fully saturated rings. The number of imidazole rings is 4. The van der Waals surface area contributed by atoms with Crippen LogP contribution in [-0.4, -0.2) is 188 Å². The van der Waals surface area contributed by atoms with E-state index in [9.17, 15) is 19.2 Å². The summed E-state index contributed by atoms with van der Waals surface area (Å²) < 4.78 is 20.3. The van der Waals surface area contributed by atoms with E-state index >= 15 is 0 Å². The molecule has 0 aliphatic carbocycles. The van der Waals surface area contributed by atoms with E-state index in [1.54, 1.807) is 28.4 Å². The van der Waals surface area contributed by atoms with Crippen LogP contribution >= 0.6 is 0 Å². The minimum atomic E-state index is -0.676. The van der Waals surface area contributed by atoms with Crippen molar-refractivity contribution < 1.29 is 38.1 Å². The highest BCUT2D eigenvalue weighted by molar-refractivity contribution is 5.84. The van der Waals surface area contributed by atoms with Gasteiger partial charge in [0, 0.05) is 54.6 Å². The quantitative estimate of drug-likeness (QED) is 0.0345. The molecule has 8 atom stereocenters. The van der Waals surface area contributed by atoms with Gasteiger partial charge in [-0.05, 0) is 95.9 Å². The highest BCUT2D eigenvalue weighted by Gasteiger charge is 2.38. The number of nitrogens with one attached hydrogen (secondary N) is 4. The van der Waals surface area contributed by atoms with Gasteiger partial charge in [-0.15, -0.1) is 0 Å². The van der Waals surface area contributed by atoms with Crippen molar-refractivity contribution in [3.63, 3.8) is 0 Å². The molecule has 4 saturated heterocycles. The highest BCUT2D eigenvalue weighted by atomic mass is 16.5. The Bertz CT molecular complexity index is 3270. The Morgan fingerprint density at radius 2 is 0.543 bits per heavy atom. The van der Waals surface area contributed by atoms with E-state index in [1.165, 1.54) is 0 Å². The first kappa shape index (κ1) is 64.8. The maximum Gasteiger partial charge on any atom is 0.242 e. The maximum absolute atomic E-state index is 12.9. The van der Waals surface area contributed by atoms with Crippen LogP contribution in [0.4, 0.5) is 0 Å². The fourth-order valence-corrected chi connectivity index (χ4v) is 13.1. The lowest BCUT2D eigenvalue weighted by molar-refractivity contribution is -0.135. The topological polar surface area (TPSA) is 337 Å². The summed E-state index contributed by atoms with van der Waals surface area (Å²) in [5.74, 6) is 2.65. The monoisotopic (exact) mass is 1250 g/mol. The lowest BCUT2D eigenvalue weighted by Gasteiger charge is -2.26. The first-order chi connectivity index (χ1) is 44.7. The molecule has 92 heavy (non-hydrogen) atoms. The summed E-state index contributed by atoms with van der Waals surface area (Å²) >= 11 is 0. The number of aromatic amines is 4. The predicted octanol–water partition coefficient (Wildman–Crippen LogP) is 6.82. The number of nitrogens with zero attached hydrogens (tertiary/aromatic N) is 8. The van der Waals surface area contributed by atoms with E-state index in [1.807, 2.05) is 44.4 Å². The molecule has 0 unspecified atom stereocenters. The van der Waals surface area contributed by atoms with E-state index in [0.29, 0.717) is 26.2 Å². The average molecular weight is 1250 g/mol. The zero-order chi connectivity index (χ0) is 64.4. The van der Waals surface area contributed by atoms with Gasteiger partial charge in [-0.1, -0.05) is 97.1 Å². The number of methoxy groups -OCH3 is 4. The molecule has 4 aliphatic rings. The molecule has 4 aliphatic heterocycles. The number of aromatic nitrogens is 8. The van der Waals surface area contributed by atoms with Gasteiger partial charge in [0.2, 0.25) is 23.6 Å². The lowest BCUT2D eigenvalue weighted by Crippen LogP contribution is -2.45. The van der Waals surface area contributed by atoms with Crippen molar-refractivity contribution in [3.8, 4) is 67.3 Å². The Labute approximate surface area is 535 Å². The van der Waals surface area contributed by atoms with Gasteiger partial charge in [-0.25, -0.2) is 19.9 Å². The Balaban J connectivity index is 0.000000188. The Kier molecular flexibility index (Phi) is 20.9. The minimum Gasteiger partial charge on any atom is -0.383 e. The second-order valence-electron chi connectivity index (χ2n) is 24.0. The molecule has 0 saturated carbocycles. The minimum absolute atomic E-state index is 0.110. The number of H-pyrrole nitrogens is 4. The number of benzene rings is 4. The van der Waals surface area contributed by atoms with Crippen LogP contribution in [0, 0.1) is 0 Å². The highest BCUT2D eigenvalue weighted by Crippen LogP contribution is 2.38. The first-order valence-electron chi connectivity index (χ1n) is 31.6. The third-order valence-electron chi connectivity index (χ3n) is 17.9. The standard InChI is InChI=1S/2C34H42N8O4/c2*1-45-19-25(35)33(43)41-15-3-5-29(41)31-37-17-27(39-31)23-11-7-21(8-12-23)22-9-13-24(14-10-22)28-18-38-32(40-28)30-6-4-16-42(30)34(44)26(36)20-46-2/h2*7-14,17-18,25-26,29-30H,3-6,15-16,19-20,35-36H2,1-2H3,(H,37,39)(H,38,40)/t2*25-,26-,29-,30-/m00/s1. The summed E-state index contributed by atoms with van der Waals surface area (Å²) in [4.78, 5) is 90.9. The summed E-state index contributed by atoms with van der Waals surface area (Å²) in [7, 11) is 6.18. The van der Waals surface area contributed by atoms with Gasteiger partial charge >= 0.3 is 0 Å². The fourth-order valence-electron chi connectivity index (χ4n) is 13.1. The number of nitrogens with two attached hydrogens (primary N) is 4. The van der Waals surface area contributed by atoms with Crippen LogP contribution in [0.25, 0.3) is 67.3 Å². The van der Waals surface area contributed by atoms with E-state index in [0.717, 1.165) is 142 Å². The second kappa shape index (κ2) is 29.7. The zero-order valence-electron chi connectivity index (χ0n) is 52.6. The van der Waals surface area contributed by atoms with Crippen LogP contribution < -0.4 is 22.9 Å². The SMILES string of the molecule is COC[C@H](N)C(=O)N1CCC[C@H]1c1ncc(-c2ccc(-c3ccc(-c4cnc([C@@H]5CCCN5C(=O)[C@@H](N)COC)[nH]4)cc3)cc2)[nH]1.COC[C@H](N)C(=O)N1CCC[C@H]1c1ncc(-c2ccc(-c3ccc(-c4cnc([C@@H]5CCCN5C(=O)[C@@H](N)COC)[nH]4)cc3)cc2)[nH]1. The lowest BCUT2D eigenvalue weighted by atomic mass is 10.0. The molecule has 24 nitrogen and oxygen atoms in total. The molecule has 8 heterocycles. The number of hydrogen-bond acceptors (Lipinski definition) is 16. The van der Waals surface area contributed by atoms with Gasteiger partial charge in [0.05, 0.1) is 98.2 Å². The van der Waals surface area contributed by atoms with E-state index in [2.05, 4.69) is 137 Å². The molecular formula is C68H84N16O8. The van der Waals surface area contributed by atoms with Crippen molar-refractivity contribution in [1.29, 1.82) is 0 Å². The summed E-state index contributed by atoms with van der Waals surface area (Å²) in [6, 6.07) is 30.1. The molecule has 8 aromatic rings. The Morgan fingerprint density at radius 3 is 0.728 bits per heavy atom. The van der Waals surface area contributed by atoms with Gasteiger partial charge in [0.1, 0.15) is 47.5 Å². The Morgan fingerprint density at radius 1 is 0.359 bits per heavy atom. The van der Waals surface area contributed by atoms with E-state index in [4.69, 9.17) is 41.9 Å². The summed E-state index contributed by atoms with van der Waals surface area (Å²) in [5.41, 5.74) is 36.1. The molecule has 4 aromatic heterocycles. The third kappa shape index (κ3) is 14.3. The van der Waals surface area contributed by atoms with Gasteiger partial charge in [-0.3, -0.25) is 19.2 Å². The number of hydrogen-bond donors (Lipinski definition) is 8. The first-order valence-corrected chi connectivity index (χ1v) is 31.6. The predicted molar refractivity (Wildman–Crippen MR) is 348 cm³/mol. The molecule has 12 rings (SSSR count). The summed E-state index contributed by atoms with van der Waals surface area (Å²) in [6.45, 7) is 3.43. The van der Waals surface area contributed by atoms with Crippen LogP contribution in [0.2, 0.25) is 0 Å². The van der Waals surface area contributed by atoms with E-state index in [-0.39, 0.29) is 74.2 Å². The number of carbonyl (C=O) groups excluding carboxylic acids is 4. The molecule has 4 amide bonds. The van der Waals surface area contributed by atoms with Gasteiger partial charge in [0.25, 0.3) is 0 Å². The van der Waals surface area contributed by atoms with Crippen molar-refractivity contribution in [1.82, 2.24) is 59.5 Å². The van der Waals surface area contributed by atoms with Crippen LogP contribution in [-0.2, 0) is 38.1 Å². The molecule has 24 heteroatoms. The third-order valence-corrected chi connectivity index (χ3v) is 17.9. The molecule has 484 valence electrons. The maximum atomic E-state index is 12.9. The molecule has 4 aromatic carbocycles. The van der Waals surface area contributed by atoms with Crippen molar-refractivity contribution in [3.05, 3.63) is 145 Å². The van der Waals surface area contributed by atoms with Crippen LogP contribution in [0.5, 0.6) is 0 Å². The zero-order valence-corrected chi connectivity index (χ0v) is 52.6. The van der Waals surface area contributed by atoms with Crippen molar-refractivity contribution in [2.45, 2.75) is 99.7 Å². The van der Waals surface area contributed by atoms with Crippen LogP contribution in [0.15, 0.2) is 122 Å². The van der Waals surface area contributed by atoms with E-state index < -0.39 is 24.2 Å². The smallest absolute Gasteiger partial charge is 0.242 e. The summed E-state index contributed by atoms with van der Waals surface area (Å²) in [5, 5.41) is 0. The van der Waals surface area contributed by atoms with Crippen molar-refractivity contribution in [2.24, 2.45) is 22.9 Å². The normalized spacial score (nSPS) is 19.5. The average Bonchev–Trinajstić information content (AvgIpc) is 1.70. The largest absolute Gasteiger partial charge is 0.383 e. The van der Waals surface area contributed by atoms with Crippen LogP contribution in [0.3, 0.4) is 0 Å².